The van der Waals surface area contributed by atoms with E-state index in [1.807, 2.05) is 6.07 Å². The monoisotopic (exact) mass is 278 g/mol. The van der Waals surface area contributed by atoms with Gasteiger partial charge in [0, 0.05) is 13.2 Å². The van der Waals surface area contributed by atoms with E-state index in [0.717, 1.165) is 37.5 Å². The van der Waals surface area contributed by atoms with Crippen LogP contribution in [0.5, 0.6) is 0 Å². The minimum absolute atomic E-state index is 0.277. The first-order chi connectivity index (χ1) is 9.25. The third-order valence-electron chi connectivity index (χ3n) is 3.42. The lowest BCUT2D eigenvalue weighted by Gasteiger charge is -2.22. The van der Waals surface area contributed by atoms with Crippen molar-refractivity contribution >= 4 is 17.3 Å². The van der Waals surface area contributed by atoms with Crippen LogP contribution in [0.4, 0.5) is 0 Å². The Hall–Kier alpha value is -1.13. The van der Waals surface area contributed by atoms with Gasteiger partial charge in [0.25, 0.3) is 0 Å². The van der Waals surface area contributed by atoms with E-state index >= 15 is 0 Å². The van der Waals surface area contributed by atoms with Crippen LogP contribution in [0.1, 0.15) is 25.3 Å². The minimum Gasteiger partial charge on any atom is -0.376 e. The van der Waals surface area contributed by atoms with E-state index in [2.05, 4.69) is 41.8 Å². The van der Waals surface area contributed by atoms with Gasteiger partial charge in [0.2, 0.25) is 0 Å². The molecule has 2 unspecified atom stereocenters. The number of benzene rings is 1. The SMILES string of the molecule is CC(NC(=S)NCCc1ccccc1)C1CCCO1. The number of hydrogen-bond donors (Lipinski definition) is 2. The molecule has 0 radical (unpaired) electrons. The van der Waals surface area contributed by atoms with E-state index in [1.165, 1.54) is 5.56 Å². The molecule has 0 aliphatic carbocycles. The van der Waals surface area contributed by atoms with Crippen molar-refractivity contribution in [1.82, 2.24) is 10.6 Å². The fraction of sp³-hybridized carbons (Fsp3) is 0.533. The Morgan fingerprint density at radius 3 is 2.89 bits per heavy atom. The minimum atomic E-state index is 0.277. The maximum Gasteiger partial charge on any atom is 0.166 e. The molecule has 2 rings (SSSR count). The van der Waals surface area contributed by atoms with Gasteiger partial charge in [-0.1, -0.05) is 30.3 Å². The molecule has 1 fully saturated rings. The van der Waals surface area contributed by atoms with Crippen molar-refractivity contribution in [2.45, 2.75) is 38.3 Å². The van der Waals surface area contributed by atoms with Crippen LogP contribution in [0.2, 0.25) is 0 Å². The highest BCUT2D eigenvalue weighted by Gasteiger charge is 2.22. The summed E-state index contributed by atoms with van der Waals surface area (Å²) in [5, 5.41) is 7.27. The van der Waals surface area contributed by atoms with Crippen LogP contribution in [-0.4, -0.2) is 30.4 Å². The van der Waals surface area contributed by atoms with Gasteiger partial charge in [-0.2, -0.15) is 0 Å². The highest BCUT2D eigenvalue weighted by atomic mass is 32.1. The molecular formula is C15H22N2OS. The lowest BCUT2D eigenvalue weighted by molar-refractivity contribution is 0.0893. The molecule has 1 aromatic rings. The van der Waals surface area contributed by atoms with Crippen molar-refractivity contribution < 1.29 is 4.74 Å². The van der Waals surface area contributed by atoms with Gasteiger partial charge >= 0.3 is 0 Å². The third kappa shape index (κ3) is 4.80. The highest BCUT2D eigenvalue weighted by Crippen LogP contribution is 2.15. The molecule has 1 heterocycles. The molecule has 3 nitrogen and oxygen atoms in total. The summed E-state index contributed by atoms with van der Waals surface area (Å²) in [5.74, 6) is 0. The Bertz CT molecular complexity index is 390. The summed E-state index contributed by atoms with van der Waals surface area (Å²) in [4.78, 5) is 0. The average molecular weight is 278 g/mol. The van der Waals surface area contributed by atoms with Crippen molar-refractivity contribution in [3.05, 3.63) is 35.9 Å². The van der Waals surface area contributed by atoms with Gasteiger partial charge in [-0.25, -0.2) is 0 Å². The van der Waals surface area contributed by atoms with Crippen LogP contribution in [0.25, 0.3) is 0 Å². The zero-order valence-electron chi connectivity index (χ0n) is 11.4. The van der Waals surface area contributed by atoms with Crippen LogP contribution in [0.3, 0.4) is 0 Å². The molecule has 2 N–H and O–H groups in total. The Labute approximate surface area is 120 Å². The zero-order valence-corrected chi connectivity index (χ0v) is 12.2. The summed E-state index contributed by atoms with van der Waals surface area (Å²) in [7, 11) is 0. The van der Waals surface area contributed by atoms with E-state index in [9.17, 15) is 0 Å². The number of nitrogens with one attached hydrogen (secondary N) is 2. The van der Waals surface area contributed by atoms with Crippen LogP contribution in [-0.2, 0) is 11.2 Å². The van der Waals surface area contributed by atoms with Crippen LogP contribution < -0.4 is 10.6 Å². The first kappa shape index (κ1) is 14.3. The number of rotatable bonds is 5. The molecule has 0 spiro atoms. The van der Waals surface area contributed by atoms with E-state index in [1.54, 1.807) is 0 Å². The second-order valence-electron chi connectivity index (χ2n) is 4.98. The molecule has 4 heteroatoms. The molecule has 1 aliphatic heterocycles. The van der Waals surface area contributed by atoms with Gasteiger partial charge in [0.05, 0.1) is 12.1 Å². The molecule has 2 atom stereocenters. The summed E-state index contributed by atoms with van der Waals surface area (Å²) in [5.41, 5.74) is 1.32. The first-order valence-corrected chi connectivity index (χ1v) is 7.36. The highest BCUT2D eigenvalue weighted by molar-refractivity contribution is 7.80. The number of ether oxygens (including phenoxy) is 1. The summed E-state index contributed by atoms with van der Waals surface area (Å²) in [6, 6.07) is 10.7. The van der Waals surface area contributed by atoms with E-state index in [-0.39, 0.29) is 6.04 Å². The van der Waals surface area contributed by atoms with Gasteiger partial charge in [-0.3, -0.25) is 0 Å². The second kappa shape index (κ2) is 7.46. The molecule has 1 saturated heterocycles. The zero-order chi connectivity index (χ0) is 13.5. The van der Waals surface area contributed by atoms with Crippen LogP contribution in [0.15, 0.2) is 30.3 Å². The molecule has 0 saturated carbocycles. The van der Waals surface area contributed by atoms with E-state index < -0.39 is 0 Å². The quantitative estimate of drug-likeness (QED) is 0.810. The standard InChI is InChI=1S/C15H22N2OS/c1-12(14-8-5-11-18-14)17-15(19)16-10-9-13-6-3-2-4-7-13/h2-4,6-7,12,14H,5,8-11H2,1H3,(H2,16,17,19). The van der Waals surface area contributed by atoms with Crippen molar-refractivity contribution in [3.63, 3.8) is 0 Å². The summed E-state index contributed by atoms with van der Waals surface area (Å²) >= 11 is 5.30. The van der Waals surface area contributed by atoms with Gasteiger partial charge in [-0.05, 0) is 44.0 Å². The Kier molecular flexibility index (Phi) is 5.61. The maximum absolute atomic E-state index is 5.64. The van der Waals surface area contributed by atoms with Gasteiger partial charge < -0.3 is 15.4 Å². The third-order valence-corrected chi connectivity index (χ3v) is 3.69. The fourth-order valence-corrected chi connectivity index (χ4v) is 2.60. The predicted molar refractivity (Wildman–Crippen MR) is 82.3 cm³/mol. The average Bonchev–Trinajstić information content (AvgIpc) is 2.94. The summed E-state index contributed by atoms with van der Waals surface area (Å²) in [6.45, 7) is 3.86. The first-order valence-electron chi connectivity index (χ1n) is 6.95. The molecule has 0 amide bonds. The normalized spacial score (nSPS) is 19.9. The fourth-order valence-electron chi connectivity index (χ4n) is 2.31. The number of hydrogen-bond acceptors (Lipinski definition) is 2. The molecule has 0 bridgehead atoms. The predicted octanol–water partition coefficient (Wildman–Crippen LogP) is 2.26. The topological polar surface area (TPSA) is 33.3 Å². The van der Waals surface area contributed by atoms with Crippen molar-refractivity contribution in [2.75, 3.05) is 13.2 Å². The Balaban J connectivity index is 1.64. The van der Waals surface area contributed by atoms with Gasteiger partial charge in [0.15, 0.2) is 5.11 Å². The van der Waals surface area contributed by atoms with Crippen LogP contribution in [0, 0.1) is 0 Å². The van der Waals surface area contributed by atoms with Crippen molar-refractivity contribution in [1.29, 1.82) is 0 Å². The molecule has 19 heavy (non-hydrogen) atoms. The number of thiocarbonyl (C=S) groups is 1. The maximum atomic E-state index is 5.64. The molecule has 104 valence electrons. The largest absolute Gasteiger partial charge is 0.376 e. The van der Waals surface area contributed by atoms with Crippen LogP contribution >= 0.6 is 12.2 Å². The Morgan fingerprint density at radius 1 is 1.42 bits per heavy atom. The molecular weight excluding hydrogens is 256 g/mol. The molecule has 1 aliphatic rings. The Morgan fingerprint density at radius 2 is 2.21 bits per heavy atom. The molecule has 0 aromatic heterocycles. The lowest BCUT2D eigenvalue weighted by Crippen LogP contribution is -2.46. The van der Waals surface area contributed by atoms with Crippen molar-refractivity contribution in [2.24, 2.45) is 0 Å². The lowest BCUT2D eigenvalue weighted by atomic mass is 10.1. The van der Waals surface area contributed by atoms with E-state index in [4.69, 9.17) is 17.0 Å². The summed E-state index contributed by atoms with van der Waals surface area (Å²) in [6.07, 6.45) is 3.57. The van der Waals surface area contributed by atoms with Gasteiger partial charge in [0.1, 0.15) is 0 Å². The molecule has 1 aromatic carbocycles. The van der Waals surface area contributed by atoms with E-state index in [0.29, 0.717) is 6.10 Å². The second-order valence-corrected chi connectivity index (χ2v) is 5.38. The van der Waals surface area contributed by atoms with Gasteiger partial charge in [-0.15, -0.1) is 0 Å². The smallest absolute Gasteiger partial charge is 0.166 e. The summed E-state index contributed by atoms with van der Waals surface area (Å²) < 4.78 is 5.64. The van der Waals surface area contributed by atoms with Crippen molar-refractivity contribution in [3.8, 4) is 0 Å².